The summed E-state index contributed by atoms with van der Waals surface area (Å²) in [7, 11) is 0. The molecule has 2 aromatic carbocycles. The van der Waals surface area contributed by atoms with E-state index in [0.29, 0.717) is 17.2 Å². The summed E-state index contributed by atoms with van der Waals surface area (Å²) in [6, 6.07) is 9.83. The van der Waals surface area contributed by atoms with Gasteiger partial charge in [0.2, 0.25) is 0 Å². The van der Waals surface area contributed by atoms with Crippen LogP contribution in [0.3, 0.4) is 0 Å². The van der Waals surface area contributed by atoms with E-state index in [1.807, 2.05) is 32.0 Å². The number of benzene rings is 2. The van der Waals surface area contributed by atoms with Gasteiger partial charge in [-0.3, -0.25) is 0 Å². The third-order valence-electron chi connectivity index (χ3n) is 2.75. The topological polar surface area (TPSA) is 35.2 Å². The highest BCUT2D eigenvalue weighted by Crippen LogP contribution is 2.31. The van der Waals surface area contributed by atoms with Gasteiger partial charge < -0.3 is 10.5 Å². The van der Waals surface area contributed by atoms with Crippen molar-refractivity contribution in [2.75, 3.05) is 5.73 Å². The van der Waals surface area contributed by atoms with Crippen LogP contribution in [0.5, 0.6) is 11.5 Å². The Kier molecular flexibility index (Phi) is 3.00. The lowest BCUT2D eigenvalue weighted by Gasteiger charge is -2.12. The molecule has 0 unspecified atom stereocenters. The average molecular weight is 231 g/mol. The second kappa shape index (κ2) is 4.45. The number of ether oxygens (including phenoxy) is 1. The van der Waals surface area contributed by atoms with Gasteiger partial charge in [-0.25, -0.2) is 4.39 Å². The predicted octanol–water partition coefficient (Wildman–Crippen LogP) is 3.82. The Bertz CT molecular complexity index is 552. The van der Waals surface area contributed by atoms with Gasteiger partial charge in [0.25, 0.3) is 0 Å². The molecule has 0 heterocycles. The van der Waals surface area contributed by atoms with Crippen molar-refractivity contribution < 1.29 is 9.13 Å². The maximum Gasteiger partial charge on any atom is 0.153 e. The molecule has 0 aliphatic heterocycles. The average Bonchev–Trinajstić information content (AvgIpc) is 2.30. The summed E-state index contributed by atoms with van der Waals surface area (Å²) >= 11 is 0. The predicted molar refractivity (Wildman–Crippen MR) is 66.8 cm³/mol. The molecule has 0 amide bonds. The molecule has 0 spiro atoms. The van der Waals surface area contributed by atoms with Gasteiger partial charge in [0.1, 0.15) is 11.6 Å². The molecule has 0 saturated heterocycles. The Morgan fingerprint density at radius 1 is 1.06 bits per heavy atom. The highest BCUT2D eigenvalue weighted by Gasteiger charge is 2.07. The van der Waals surface area contributed by atoms with Crippen LogP contribution < -0.4 is 10.5 Å². The van der Waals surface area contributed by atoms with Crippen LogP contribution in [0.25, 0.3) is 0 Å². The highest BCUT2D eigenvalue weighted by molar-refractivity contribution is 5.54. The number of nitrogens with two attached hydrogens (primary N) is 1. The second-order valence-electron chi connectivity index (χ2n) is 3.98. The van der Waals surface area contributed by atoms with Gasteiger partial charge in [0.05, 0.1) is 5.69 Å². The van der Waals surface area contributed by atoms with E-state index in [1.165, 1.54) is 18.2 Å². The minimum Gasteiger partial charge on any atom is -0.455 e. The van der Waals surface area contributed by atoms with Crippen molar-refractivity contribution in [1.82, 2.24) is 0 Å². The SMILES string of the molecule is Cc1cccc(Oc2cc(F)ccc2N)c1C. The zero-order valence-electron chi connectivity index (χ0n) is 9.83. The number of rotatable bonds is 2. The first-order valence-electron chi connectivity index (χ1n) is 5.37. The standard InChI is InChI=1S/C14H14FNO/c1-9-4-3-5-13(10(9)2)17-14-8-11(15)6-7-12(14)16/h3-8H,16H2,1-2H3. The number of hydrogen-bond donors (Lipinski definition) is 1. The quantitative estimate of drug-likeness (QED) is 0.797. The fraction of sp³-hybridized carbons (Fsp3) is 0.143. The third kappa shape index (κ3) is 2.38. The molecule has 3 heteroatoms. The number of anilines is 1. The smallest absolute Gasteiger partial charge is 0.153 e. The van der Waals surface area contributed by atoms with Crippen LogP contribution in [0, 0.1) is 19.7 Å². The highest BCUT2D eigenvalue weighted by atomic mass is 19.1. The molecule has 17 heavy (non-hydrogen) atoms. The summed E-state index contributed by atoms with van der Waals surface area (Å²) < 4.78 is 18.7. The molecule has 0 aromatic heterocycles. The Hall–Kier alpha value is -2.03. The van der Waals surface area contributed by atoms with E-state index < -0.39 is 0 Å². The van der Waals surface area contributed by atoms with Gasteiger partial charge >= 0.3 is 0 Å². The molecule has 88 valence electrons. The molecule has 0 saturated carbocycles. The summed E-state index contributed by atoms with van der Waals surface area (Å²) in [6.07, 6.45) is 0. The first kappa shape index (κ1) is 11.5. The molecule has 0 fully saturated rings. The summed E-state index contributed by atoms with van der Waals surface area (Å²) in [5.41, 5.74) is 8.30. The lowest BCUT2D eigenvalue weighted by molar-refractivity contribution is 0.475. The van der Waals surface area contributed by atoms with Gasteiger partial charge in [0, 0.05) is 6.07 Å². The Morgan fingerprint density at radius 3 is 2.59 bits per heavy atom. The molecule has 0 bridgehead atoms. The molecule has 2 N–H and O–H groups in total. The van der Waals surface area contributed by atoms with E-state index in [0.717, 1.165) is 11.1 Å². The van der Waals surface area contributed by atoms with Crippen LogP contribution in [0.2, 0.25) is 0 Å². The van der Waals surface area contributed by atoms with E-state index in [1.54, 1.807) is 0 Å². The minimum atomic E-state index is -0.362. The van der Waals surface area contributed by atoms with Crippen LogP contribution in [-0.2, 0) is 0 Å². The zero-order chi connectivity index (χ0) is 12.4. The zero-order valence-corrected chi connectivity index (χ0v) is 9.83. The van der Waals surface area contributed by atoms with Crippen molar-refractivity contribution >= 4 is 5.69 Å². The largest absolute Gasteiger partial charge is 0.455 e. The molecule has 2 aromatic rings. The summed E-state index contributed by atoms with van der Waals surface area (Å²) in [4.78, 5) is 0. The van der Waals surface area contributed by atoms with Gasteiger partial charge in [-0.2, -0.15) is 0 Å². The van der Waals surface area contributed by atoms with Gasteiger partial charge in [-0.15, -0.1) is 0 Å². The molecule has 0 atom stereocenters. The summed E-state index contributed by atoms with van der Waals surface area (Å²) in [5.74, 6) is 0.681. The van der Waals surface area contributed by atoms with Crippen LogP contribution in [-0.4, -0.2) is 0 Å². The minimum absolute atomic E-state index is 0.346. The van der Waals surface area contributed by atoms with Crippen LogP contribution in [0.15, 0.2) is 36.4 Å². The lowest BCUT2D eigenvalue weighted by atomic mass is 10.1. The molecule has 2 rings (SSSR count). The lowest BCUT2D eigenvalue weighted by Crippen LogP contribution is -1.95. The fourth-order valence-electron chi connectivity index (χ4n) is 1.55. The van der Waals surface area contributed by atoms with Gasteiger partial charge in [0.15, 0.2) is 5.75 Å². The van der Waals surface area contributed by atoms with Crippen molar-refractivity contribution in [3.8, 4) is 11.5 Å². The maximum atomic E-state index is 13.1. The first-order valence-corrected chi connectivity index (χ1v) is 5.37. The Labute approximate surface area is 99.8 Å². The second-order valence-corrected chi connectivity index (χ2v) is 3.98. The van der Waals surface area contributed by atoms with Gasteiger partial charge in [-0.1, -0.05) is 12.1 Å². The molecule has 0 radical (unpaired) electrons. The van der Waals surface area contributed by atoms with Crippen molar-refractivity contribution in [1.29, 1.82) is 0 Å². The van der Waals surface area contributed by atoms with E-state index in [9.17, 15) is 4.39 Å². The Balaban J connectivity index is 2.38. The molecule has 0 aliphatic carbocycles. The van der Waals surface area contributed by atoms with Crippen LogP contribution >= 0.6 is 0 Å². The molecular weight excluding hydrogens is 217 g/mol. The van der Waals surface area contributed by atoms with E-state index >= 15 is 0 Å². The number of hydrogen-bond acceptors (Lipinski definition) is 2. The normalized spacial score (nSPS) is 10.3. The van der Waals surface area contributed by atoms with E-state index in [4.69, 9.17) is 10.5 Å². The Morgan fingerprint density at radius 2 is 1.82 bits per heavy atom. The molecule has 2 nitrogen and oxygen atoms in total. The third-order valence-corrected chi connectivity index (χ3v) is 2.75. The van der Waals surface area contributed by atoms with Crippen molar-refractivity contribution in [3.63, 3.8) is 0 Å². The number of aryl methyl sites for hydroxylation is 1. The van der Waals surface area contributed by atoms with Crippen LogP contribution in [0.1, 0.15) is 11.1 Å². The maximum absolute atomic E-state index is 13.1. The van der Waals surface area contributed by atoms with E-state index in [-0.39, 0.29) is 5.82 Å². The fourth-order valence-corrected chi connectivity index (χ4v) is 1.55. The van der Waals surface area contributed by atoms with E-state index in [2.05, 4.69) is 0 Å². The summed E-state index contributed by atoms with van der Waals surface area (Å²) in [6.45, 7) is 3.96. The number of halogens is 1. The molecular formula is C14H14FNO. The first-order chi connectivity index (χ1) is 8.08. The molecule has 0 aliphatic rings. The number of nitrogen functional groups attached to an aromatic ring is 1. The van der Waals surface area contributed by atoms with Gasteiger partial charge in [-0.05, 0) is 43.2 Å². The van der Waals surface area contributed by atoms with Crippen molar-refractivity contribution in [3.05, 3.63) is 53.3 Å². The van der Waals surface area contributed by atoms with Crippen LogP contribution in [0.4, 0.5) is 10.1 Å². The monoisotopic (exact) mass is 231 g/mol. The van der Waals surface area contributed by atoms with Crippen molar-refractivity contribution in [2.45, 2.75) is 13.8 Å². The van der Waals surface area contributed by atoms with Crippen molar-refractivity contribution in [2.24, 2.45) is 0 Å². The summed E-state index contributed by atoms with van der Waals surface area (Å²) in [5, 5.41) is 0.